The minimum atomic E-state index is 0.00387. The van der Waals surface area contributed by atoms with Crippen molar-refractivity contribution >= 4 is 23.3 Å². The number of amides is 1. The molecule has 4 rings (SSSR count). The fraction of sp³-hybridized carbons (Fsp3) is 0.320. The van der Waals surface area contributed by atoms with Gasteiger partial charge in [-0.3, -0.25) is 4.79 Å². The highest BCUT2D eigenvalue weighted by Crippen LogP contribution is 2.27. The normalized spacial score (nSPS) is 13.9. The number of carbonyl (C=O) groups excluding carboxylic acids is 1. The van der Waals surface area contributed by atoms with E-state index in [2.05, 4.69) is 34.2 Å². The third-order valence-corrected chi connectivity index (χ3v) is 6.03. The summed E-state index contributed by atoms with van der Waals surface area (Å²) in [6, 6.07) is 15.6. The predicted octanol–water partition coefficient (Wildman–Crippen LogP) is 4.45. The Morgan fingerprint density at radius 1 is 0.969 bits per heavy atom. The smallest absolute Gasteiger partial charge is 0.260 e. The average molecular weight is 451 g/mol. The van der Waals surface area contributed by atoms with Gasteiger partial charge in [-0.2, -0.15) is 0 Å². The molecule has 0 bridgehead atoms. The van der Waals surface area contributed by atoms with Gasteiger partial charge in [0.25, 0.3) is 5.91 Å². The van der Waals surface area contributed by atoms with Gasteiger partial charge in [0.1, 0.15) is 5.75 Å². The lowest BCUT2D eigenvalue weighted by Gasteiger charge is -2.35. The number of anilines is 1. The predicted molar refractivity (Wildman–Crippen MR) is 127 cm³/mol. The Morgan fingerprint density at radius 2 is 1.66 bits per heavy atom. The summed E-state index contributed by atoms with van der Waals surface area (Å²) in [5.74, 6) is 1.61. The van der Waals surface area contributed by atoms with Gasteiger partial charge in [0, 0.05) is 31.7 Å². The number of ether oxygens (including phenoxy) is 1. The standard InChI is InChI=1S/C25H27ClN4O2/c1-17-14-18(2)25(19(3)15-17)32-16-24(31)30-12-10-29(11-13-30)23-9-8-22(27-28-23)20-6-4-5-7-21(20)26/h4-9,14-15H,10-13,16H2,1-3H3. The highest BCUT2D eigenvalue weighted by atomic mass is 35.5. The van der Waals surface area contributed by atoms with Crippen molar-refractivity contribution in [2.75, 3.05) is 37.7 Å². The van der Waals surface area contributed by atoms with Crippen molar-refractivity contribution in [1.82, 2.24) is 15.1 Å². The molecule has 0 saturated carbocycles. The van der Waals surface area contributed by atoms with Gasteiger partial charge in [0.05, 0.1) is 10.7 Å². The van der Waals surface area contributed by atoms with Gasteiger partial charge in [-0.05, 0) is 50.1 Å². The topological polar surface area (TPSA) is 58.6 Å². The monoisotopic (exact) mass is 450 g/mol. The number of carbonyl (C=O) groups is 1. The van der Waals surface area contributed by atoms with Crippen LogP contribution in [0.1, 0.15) is 16.7 Å². The van der Waals surface area contributed by atoms with Gasteiger partial charge in [0.2, 0.25) is 0 Å². The van der Waals surface area contributed by atoms with Crippen LogP contribution in [0.2, 0.25) is 5.02 Å². The number of halogens is 1. The fourth-order valence-electron chi connectivity index (χ4n) is 4.11. The van der Waals surface area contributed by atoms with Crippen LogP contribution in [0.4, 0.5) is 5.82 Å². The minimum absolute atomic E-state index is 0.00387. The minimum Gasteiger partial charge on any atom is -0.483 e. The van der Waals surface area contributed by atoms with E-state index in [9.17, 15) is 4.79 Å². The summed E-state index contributed by atoms with van der Waals surface area (Å²) in [5.41, 5.74) is 4.91. The van der Waals surface area contributed by atoms with Crippen molar-refractivity contribution in [3.63, 3.8) is 0 Å². The molecule has 2 heterocycles. The second kappa shape index (κ2) is 9.57. The highest BCUT2D eigenvalue weighted by Gasteiger charge is 2.23. The molecule has 0 radical (unpaired) electrons. The second-order valence-corrected chi connectivity index (χ2v) is 8.55. The zero-order valence-corrected chi connectivity index (χ0v) is 19.4. The maximum Gasteiger partial charge on any atom is 0.260 e. The third-order valence-electron chi connectivity index (χ3n) is 5.70. The van der Waals surface area contributed by atoms with Crippen LogP contribution in [0.3, 0.4) is 0 Å². The zero-order valence-electron chi connectivity index (χ0n) is 18.6. The van der Waals surface area contributed by atoms with Crippen molar-refractivity contribution in [1.29, 1.82) is 0 Å². The summed E-state index contributed by atoms with van der Waals surface area (Å²) >= 11 is 6.26. The van der Waals surface area contributed by atoms with Crippen molar-refractivity contribution in [2.45, 2.75) is 20.8 Å². The average Bonchev–Trinajstić information content (AvgIpc) is 2.79. The van der Waals surface area contributed by atoms with Crippen LogP contribution in [0.5, 0.6) is 5.75 Å². The number of piperazine rings is 1. The molecule has 1 saturated heterocycles. The molecule has 1 aliphatic rings. The molecule has 1 aliphatic heterocycles. The molecule has 0 aliphatic carbocycles. The summed E-state index contributed by atoms with van der Waals surface area (Å²) in [6.07, 6.45) is 0. The lowest BCUT2D eigenvalue weighted by molar-refractivity contribution is -0.133. The molecule has 1 fully saturated rings. The molecule has 166 valence electrons. The number of aromatic nitrogens is 2. The van der Waals surface area contributed by atoms with Crippen LogP contribution >= 0.6 is 11.6 Å². The van der Waals surface area contributed by atoms with Gasteiger partial charge >= 0.3 is 0 Å². The lowest BCUT2D eigenvalue weighted by atomic mass is 10.1. The molecule has 2 aromatic carbocycles. The van der Waals surface area contributed by atoms with Crippen molar-refractivity contribution in [2.24, 2.45) is 0 Å². The fourth-order valence-corrected chi connectivity index (χ4v) is 4.34. The van der Waals surface area contributed by atoms with E-state index >= 15 is 0 Å². The molecule has 6 nitrogen and oxygen atoms in total. The SMILES string of the molecule is Cc1cc(C)c(OCC(=O)N2CCN(c3ccc(-c4ccccc4Cl)nn3)CC2)c(C)c1. The maximum atomic E-state index is 12.7. The van der Waals surface area contributed by atoms with E-state index in [0.717, 1.165) is 34.0 Å². The second-order valence-electron chi connectivity index (χ2n) is 8.14. The Hall–Kier alpha value is -3.12. The number of benzene rings is 2. The third kappa shape index (κ3) is 4.86. The Balaban J connectivity index is 1.32. The van der Waals surface area contributed by atoms with Crippen LogP contribution < -0.4 is 9.64 Å². The first-order valence-electron chi connectivity index (χ1n) is 10.7. The summed E-state index contributed by atoms with van der Waals surface area (Å²) in [6.45, 7) is 8.79. The van der Waals surface area contributed by atoms with E-state index in [4.69, 9.17) is 16.3 Å². The number of aryl methyl sites for hydroxylation is 3. The molecule has 0 unspecified atom stereocenters. The first kappa shape index (κ1) is 22.1. The Kier molecular flexibility index (Phi) is 6.61. The Bertz CT molecular complexity index is 1090. The van der Waals surface area contributed by atoms with E-state index in [1.54, 1.807) is 0 Å². The number of nitrogens with zero attached hydrogens (tertiary/aromatic N) is 4. The van der Waals surface area contributed by atoms with Crippen LogP contribution in [0.25, 0.3) is 11.3 Å². The van der Waals surface area contributed by atoms with Gasteiger partial charge in [-0.1, -0.05) is 47.5 Å². The van der Waals surface area contributed by atoms with Crippen molar-refractivity contribution < 1.29 is 9.53 Å². The lowest BCUT2D eigenvalue weighted by Crippen LogP contribution is -2.50. The highest BCUT2D eigenvalue weighted by molar-refractivity contribution is 6.33. The first-order chi connectivity index (χ1) is 15.4. The Morgan fingerprint density at radius 3 is 2.28 bits per heavy atom. The molecule has 3 aromatic rings. The molecule has 32 heavy (non-hydrogen) atoms. The van der Waals surface area contributed by atoms with Crippen LogP contribution in [-0.4, -0.2) is 53.8 Å². The van der Waals surface area contributed by atoms with Crippen molar-refractivity contribution in [3.05, 3.63) is 70.2 Å². The van der Waals surface area contributed by atoms with Gasteiger partial charge < -0.3 is 14.5 Å². The van der Waals surface area contributed by atoms with Gasteiger partial charge in [-0.15, -0.1) is 10.2 Å². The summed E-state index contributed by atoms with van der Waals surface area (Å²) in [7, 11) is 0. The zero-order chi connectivity index (χ0) is 22.7. The van der Waals surface area contributed by atoms with E-state index in [-0.39, 0.29) is 12.5 Å². The number of hydrogen-bond donors (Lipinski definition) is 0. The number of hydrogen-bond acceptors (Lipinski definition) is 5. The summed E-state index contributed by atoms with van der Waals surface area (Å²) < 4.78 is 5.88. The van der Waals surface area contributed by atoms with Crippen LogP contribution in [-0.2, 0) is 4.79 Å². The molecule has 0 atom stereocenters. The molecule has 0 N–H and O–H groups in total. The van der Waals surface area contributed by atoms with Crippen LogP contribution in [0, 0.1) is 20.8 Å². The van der Waals surface area contributed by atoms with Gasteiger partial charge in [-0.25, -0.2) is 0 Å². The molecule has 0 spiro atoms. The summed E-state index contributed by atoms with van der Waals surface area (Å²) in [5, 5.41) is 9.38. The van der Waals surface area contributed by atoms with E-state index in [1.165, 1.54) is 5.56 Å². The molecular formula is C25H27ClN4O2. The van der Waals surface area contributed by atoms with E-state index in [1.807, 2.05) is 55.1 Å². The molecule has 1 amide bonds. The Labute approximate surface area is 193 Å². The number of rotatable bonds is 5. The quantitative estimate of drug-likeness (QED) is 0.574. The summed E-state index contributed by atoms with van der Waals surface area (Å²) in [4.78, 5) is 16.7. The molecule has 1 aromatic heterocycles. The first-order valence-corrected chi connectivity index (χ1v) is 11.1. The van der Waals surface area contributed by atoms with Crippen molar-refractivity contribution in [3.8, 4) is 17.0 Å². The largest absolute Gasteiger partial charge is 0.483 e. The van der Waals surface area contributed by atoms with Gasteiger partial charge in [0.15, 0.2) is 12.4 Å². The maximum absolute atomic E-state index is 12.7. The molecular weight excluding hydrogens is 424 g/mol. The molecule has 7 heteroatoms. The van der Waals surface area contributed by atoms with Crippen LogP contribution in [0.15, 0.2) is 48.5 Å². The van der Waals surface area contributed by atoms with E-state index < -0.39 is 0 Å². The van der Waals surface area contributed by atoms with E-state index in [0.29, 0.717) is 31.2 Å².